The zero-order valence-corrected chi connectivity index (χ0v) is 17.5. The van der Waals surface area contributed by atoms with Crippen LogP contribution in [0.3, 0.4) is 0 Å². The molecule has 2 N–H and O–H groups in total. The van der Waals surface area contributed by atoms with Gasteiger partial charge in [0.25, 0.3) is 0 Å². The number of hydrogen-bond donors (Lipinski definition) is 2. The maximum Gasteiger partial charge on any atom is 0.191 e. The van der Waals surface area contributed by atoms with Crippen LogP contribution in [0.15, 0.2) is 4.99 Å². The van der Waals surface area contributed by atoms with E-state index in [9.17, 15) is 0 Å². The molecule has 1 rings (SSSR count). The van der Waals surface area contributed by atoms with E-state index in [1.54, 1.807) is 7.11 Å². The van der Waals surface area contributed by atoms with Gasteiger partial charge in [-0.3, -0.25) is 4.99 Å². The zero-order valence-electron chi connectivity index (χ0n) is 15.1. The van der Waals surface area contributed by atoms with E-state index < -0.39 is 0 Å². The van der Waals surface area contributed by atoms with Crippen molar-refractivity contribution in [3.8, 4) is 0 Å². The number of unbranched alkanes of at least 4 members (excludes halogenated alkanes) is 1. The molecule has 0 atom stereocenters. The predicted octanol–water partition coefficient (Wildman–Crippen LogP) is 1.22. The molecule has 0 amide bonds. The van der Waals surface area contributed by atoms with Crippen LogP contribution < -0.4 is 10.6 Å². The van der Waals surface area contributed by atoms with Crippen molar-refractivity contribution >= 4 is 29.9 Å². The number of nitrogens with one attached hydrogen (secondary N) is 2. The largest absolute Gasteiger partial charge is 0.385 e. The third-order valence-corrected chi connectivity index (χ3v) is 3.91. The molecule has 0 unspecified atom stereocenters. The molecule has 0 radical (unpaired) electrons. The van der Waals surface area contributed by atoms with E-state index in [1.165, 1.54) is 45.6 Å². The average Bonchev–Trinajstić information content (AvgIpc) is 2.53. The summed E-state index contributed by atoms with van der Waals surface area (Å²) in [6, 6.07) is 0. The van der Waals surface area contributed by atoms with Crippen molar-refractivity contribution in [3.63, 3.8) is 0 Å². The maximum absolute atomic E-state index is 5.04. The fraction of sp³-hybridized carbons (Fsp3) is 0.938. The van der Waals surface area contributed by atoms with Crippen molar-refractivity contribution in [2.45, 2.75) is 26.2 Å². The number of guanidine groups is 1. The number of rotatable bonds is 10. The Morgan fingerprint density at radius 3 is 2.48 bits per heavy atom. The highest BCUT2D eigenvalue weighted by molar-refractivity contribution is 14.0. The highest BCUT2D eigenvalue weighted by atomic mass is 127. The lowest BCUT2D eigenvalue weighted by Crippen LogP contribution is -2.44. The van der Waals surface area contributed by atoms with Crippen LogP contribution in [0.25, 0.3) is 0 Å². The summed E-state index contributed by atoms with van der Waals surface area (Å²) in [4.78, 5) is 9.52. The Labute approximate surface area is 159 Å². The molecular weight excluding hydrogens is 405 g/mol. The van der Waals surface area contributed by atoms with Crippen LogP contribution in [0, 0.1) is 0 Å². The lowest BCUT2D eigenvalue weighted by atomic mass is 10.2. The van der Waals surface area contributed by atoms with Crippen LogP contribution in [-0.2, 0) is 4.74 Å². The number of hydrogen-bond acceptors (Lipinski definition) is 4. The molecule has 0 spiro atoms. The second-order valence-electron chi connectivity index (χ2n) is 5.89. The molecule has 0 aromatic heterocycles. The molecule has 1 aliphatic heterocycles. The molecule has 1 aliphatic rings. The second kappa shape index (κ2) is 15.4. The standard InChI is InChI=1S/C16H35N5O.HI/c1-4-17-16(19-9-7-15-22-3)18-8-5-6-10-21-13-11-20(2)12-14-21;/h4-15H2,1-3H3,(H2,17,18,19);1H. The number of piperazine rings is 1. The van der Waals surface area contributed by atoms with Crippen LogP contribution in [0.2, 0.25) is 0 Å². The van der Waals surface area contributed by atoms with Gasteiger partial charge < -0.3 is 25.2 Å². The summed E-state index contributed by atoms with van der Waals surface area (Å²) in [7, 11) is 3.93. The van der Waals surface area contributed by atoms with Gasteiger partial charge in [-0.2, -0.15) is 0 Å². The average molecular weight is 441 g/mol. The van der Waals surface area contributed by atoms with E-state index in [-0.39, 0.29) is 24.0 Å². The summed E-state index contributed by atoms with van der Waals surface area (Å²) in [5.41, 5.74) is 0. The van der Waals surface area contributed by atoms with Gasteiger partial charge in [0.05, 0.1) is 0 Å². The van der Waals surface area contributed by atoms with Crippen LogP contribution in [0.5, 0.6) is 0 Å². The van der Waals surface area contributed by atoms with Crippen molar-refractivity contribution < 1.29 is 4.74 Å². The smallest absolute Gasteiger partial charge is 0.191 e. The SMILES string of the molecule is CCNC(=NCCCOC)NCCCCN1CCN(C)CC1.I. The lowest BCUT2D eigenvalue weighted by Gasteiger charge is -2.32. The molecule has 7 heteroatoms. The Bertz CT molecular complexity index is 296. The second-order valence-corrected chi connectivity index (χ2v) is 5.89. The summed E-state index contributed by atoms with van der Waals surface area (Å²) < 4.78 is 5.04. The predicted molar refractivity (Wildman–Crippen MR) is 109 cm³/mol. The van der Waals surface area contributed by atoms with Crippen molar-refractivity contribution in [2.75, 3.05) is 73.1 Å². The molecule has 0 bridgehead atoms. The number of likely N-dealkylation sites (N-methyl/N-ethyl adjacent to an activating group) is 1. The number of halogens is 1. The summed E-state index contributed by atoms with van der Waals surface area (Å²) in [5.74, 6) is 0.929. The molecule has 1 heterocycles. The highest BCUT2D eigenvalue weighted by Gasteiger charge is 2.12. The van der Waals surface area contributed by atoms with Gasteiger partial charge in [-0.05, 0) is 39.8 Å². The number of methoxy groups -OCH3 is 1. The van der Waals surface area contributed by atoms with Gasteiger partial charge in [0, 0.05) is 59.5 Å². The molecule has 0 saturated carbocycles. The maximum atomic E-state index is 5.04. The summed E-state index contributed by atoms with van der Waals surface area (Å²) in [6.07, 6.45) is 3.41. The Kier molecular flexibility index (Phi) is 15.3. The van der Waals surface area contributed by atoms with Gasteiger partial charge in [0.2, 0.25) is 0 Å². The minimum Gasteiger partial charge on any atom is -0.385 e. The molecular formula is C16H36IN5O. The van der Waals surface area contributed by atoms with Crippen LogP contribution >= 0.6 is 24.0 Å². The topological polar surface area (TPSA) is 52.1 Å². The third kappa shape index (κ3) is 12.0. The van der Waals surface area contributed by atoms with Gasteiger partial charge in [0.15, 0.2) is 5.96 Å². The van der Waals surface area contributed by atoms with Gasteiger partial charge in [0.1, 0.15) is 0 Å². The number of ether oxygens (including phenoxy) is 1. The number of aliphatic imine (C=N–C) groups is 1. The first-order chi connectivity index (χ1) is 10.8. The van der Waals surface area contributed by atoms with Crippen LogP contribution in [-0.4, -0.2) is 88.9 Å². The molecule has 0 aliphatic carbocycles. The first kappa shape index (κ1) is 22.9. The summed E-state index contributed by atoms with van der Waals surface area (Å²) >= 11 is 0. The Morgan fingerprint density at radius 1 is 1.09 bits per heavy atom. The normalized spacial score (nSPS) is 16.9. The van der Waals surface area contributed by atoms with E-state index in [0.717, 1.165) is 38.6 Å². The lowest BCUT2D eigenvalue weighted by molar-refractivity contribution is 0.152. The minimum atomic E-state index is 0. The van der Waals surface area contributed by atoms with E-state index in [4.69, 9.17) is 4.74 Å². The molecule has 6 nitrogen and oxygen atoms in total. The molecule has 23 heavy (non-hydrogen) atoms. The van der Waals surface area contributed by atoms with Crippen molar-refractivity contribution in [3.05, 3.63) is 0 Å². The van der Waals surface area contributed by atoms with Crippen LogP contribution in [0.1, 0.15) is 26.2 Å². The fourth-order valence-electron chi connectivity index (χ4n) is 2.48. The number of nitrogens with zero attached hydrogens (tertiary/aromatic N) is 3. The van der Waals surface area contributed by atoms with Crippen LogP contribution in [0.4, 0.5) is 0 Å². The molecule has 0 aromatic rings. The first-order valence-electron chi connectivity index (χ1n) is 8.68. The molecule has 1 fully saturated rings. The van der Waals surface area contributed by atoms with Gasteiger partial charge in [-0.25, -0.2) is 0 Å². The Hall–Kier alpha value is -0.120. The fourth-order valence-corrected chi connectivity index (χ4v) is 2.48. The molecule has 1 saturated heterocycles. The van der Waals surface area contributed by atoms with Gasteiger partial charge in [-0.15, -0.1) is 24.0 Å². The minimum absolute atomic E-state index is 0. The highest BCUT2D eigenvalue weighted by Crippen LogP contribution is 2.01. The van der Waals surface area contributed by atoms with E-state index in [2.05, 4.69) is 39.4 Å². The van der Waals surface area contributed by atoms with E-state index in [0.29, 0.717) is 0 Å². The van der Waals surface area contributed by atoms with Crippen molar-refractivity contribution in [2.24, 2.45) is 4.99 Å². The monoisotopic (exact) mass is 441 g/mol. The van der Waals surface area contributed by atoms with E-state index >= 15 is 0 Å². The van der Waals surface area contributed by atoms with E-state index in [1.807, 2.05) is 0 Å². The molecule has 138 valence electrons. The summed E-state index contributed by atoms with van der Waals surface area (Å²) in [5, 5.41) is 6.70. The molecule has 0 aromatic carbocycles. The first-order valence-corrected chi connectivity index (χ1v) is 8.68. The zero-order chi connectivity index (χ0) is 16.0. The quantitative estimate of drug-likeness (QED) is 0.231. The van der Waals surface area contributed by atoms with Gasteiger partial charge in [-0.1, -0.05) is 0 Å². The van der Waals surface area contributed by atoms with Gasteiger partial charge >= 0.3 is 0 Å². The van der Waals surface area contributed by atoms with Crippen molar-refractivity contribution in [1.29, 1.82) is 0 Å². The summed E-state index contributed by atoms with van der Waals surface area (Å²) in [6.45, 7) is 11.6. The third-order valence-electron chi connectivity index (χ3n) is 3.91. The Morgan fingerprint density at radius 2 is 1.83 bits per heavy atom. The van der Waals surface area contributed by atoms with Crippen molar-refractivity contribution in [1.82, 2.24) is 20.4 Å². The Balaban J connectivity index is 0.00000484.